The molecule has 3 aromatic rings. The van der Waals surface area contributed by atoms with Gasteiger partial charge in [-0.1, -0.05) is 6.07 Å². The van der Waals surface area contributed by atoms with Gasteiger partial charge in [0.25, 0.3) is 0 Å². The fraction of sp³-hybridized carbons (Fsp3) is 0.353. The number of nitrogens with one attached hydrogen (secondary N) is 1. The Hall–Kier alpha value is -1.53. The number of nitrogens with zero attached hydrogens (tertiary/aromatic N) is 4. The molecule has 3 aromatic heterocycles. The third-order valence-electron chi connectivity index (χ3n) is 4.48. The number of halogens is 2. The topological polar surface area (TPSA) is 105 Å². The second-order valence-electron chi connectivity index (χ2n) is 6.19. The minimum absolute atomic E-state index is 0. The molecule has 0 saturated carbocycles. The smallest absolute Gasteiger partial charge is 0.164 e. The molecule has 27 heavy (non-hydrogen) atoms. The van der Waals surface area contributed by atoms with E-state index in [1.807, 2.05) is 24.4 Å². The second kappa shape index (κ2) is 8.23. The van der Waals surface area contributed by atoms with E-state index in [1.54, 1.807) is 17.7 Å². The highest BCUT2D eigenvalue weighted by molar-refractivity contribution is 14.1. The van der Waals surface area contributed by atoms with E-state index >= 15 is 0 Å². The lowest BCUT2D eigenvalue weighted by Gasteiger charge is -2.17. The number of aliphatic hydroxyl groups is 2. The molecule has 0 aromatic carbocycles. The van der Waals surface area contributed by atoms with Crippen molar-refractivity contribution in [2.24, 2.45) is 0 Å². The lowest BCUT2D eigenvalue weighted by Crippen LogP contribution is -2.30. The highest BCUT2D eigenvalue weighted by Gasteiger charge is 2.42. The molecule has 1 saturated heterocycles. The van der Waals surface area contributed by atoms with Crippen molar-refractivity contribution in [2.45, 2.75) is 38.0 Å². The molecule has 4 atom stereocenters. The molecule has 4 heterocycles. The number of fused-ring (bicyclic) bond motifs is 1. The third-order valence-corrected chi connectivity index (χ3v) is 5.30. The monoisotopic (exact) mass is 503 g/mol. The number of pyridine rings is 1. The molecule has 1 aliphatic rings. The number of hydrogen-bond donors (Lipinski definition) is 3. The van der Waals surface area contributed by atoms with Crippen LogP contribution in [0.15, 0.2) is 36.9 Å². The van der Waals surface area contributed by atoms with Crippen LogP contribution in [0.2, 0.25) is 0 Å². The van der Waals surface area contributed by atoms with Gasteiger partial charge in [0.15, 0.2) is 6.23 Å². The van der Waals surface area contributed by atoms with Gasteiger partial charge in [0, 0.05) is 16.0 Å². The van der Waals surface area contributed by atoms with Crippen LogP contribution >= 0.6 is 35.0 Å². The maximum absolute atomic E-state index is 10.3. The third kappa shape index (κ3) is 3.74. The summed E-state index contributed by atoms with van der Waals surface area (Å²) in [6.07, 6.45) is 1.98. The molecule has 0 amide bonds. The van der Waals surface area contributed by atoms with Crippen molar-refractivity contribution in [2.75, 3.05) is 5.32 Å². The molecule has 10 heteroatoms. The van der Waals surface area contributed by atoms with Crippen LogP contribution < -0.4 is 5.32 Å². The first kappa shape index (κ1) is 20.2. The zero-order valence-corrected chi connectivity index (χ0v) is 17.3. The number of aliphatic hydroxyl groups excluding tert-OH is 2. The van der Waals surface area contributed by atoms with Crippen molar-refractivity contribution in [3.05, 3.63) is 46.2 Å². The summed E-state index contributed by atoms with van der Waals surface area (Å²) in [6.45, 7) is 2.27. The van der Waals surface area contributed by atoms with Crippen LogP contribution in [0, 0.1) is 3.57 Å². The Morgan fingerprint density at radius 2 is 2.04 bits per heavy atom. The first-order valence-corrected chi connectivity index (χ1v) is 9.30. The highest BCUT2D eigenvalue weighted by atomic mass is 127. The van der Waals surface area contributed by atoms with Crippen LogP contribution in [0.3, 0.4) is 0 Å². The summed E-state index contributed by atoms with van der Waals surface area (Å²) in [6, 6.07) is 5.75. The number of hydrogen-bond acceptors (Lipinski definition) is 7. The van der Waals surface area contributed by atoms with Crippen molar-refractivity contribution in [1.29, 1.82) is 0 Å². The predicted octanol–water partition coefficient (Wildman–Crippen LogP) is 2.10. The average molecular weight is 504 g/mol. The van der Waals surface area contributed by atoms with Crippen molar-refractivity contribution in [3.63, 3.8) is 0 Å². The normalized spacial score (nSPS) is 24.7. The zero-order valence-electron chi connectivity index (χ0n) is 14.4. The molecule has 3 N–H and O–H groups in total. The lowest BCUT2D eigenvalue weighted by molar-refractivity contribution is -0.0297. The molecule has 0 unspecified atom stereocenters. The molecule has 0 bridgehead atoms. The van der Waals surface area contributed by atoms with Gasteiger partial charge in [-0.05, 0) is 41.6 Å². The van der Waals surface area contributed by atoms with E-state index in [0.717, 1.165) is 14.7 Å². The number of ether oxygens (including phenoxy) is 1. The van der Waals surface area contributed by atoms with Gasteiger partial charge in [-0.2, -0.15) is 0 Å². The largest absolute Gasteiger partial charge is 0.388 e. The van der Waals surface area contributed by atoms with E-state index in [0.29, 0.717) is 18.0 Å². The SMILES string of the molecule is C[C@H]1O[C@@H](n2cc(I)c3c(NCc4ccccn4)ncnc32)[C@H](O)[C@@H]1O.Cl. The van der Waals surface area contributed by atoms with Crippen LogP contribution in [-0.2, 0) is 11.3 Å². The standard InChI is InChI=1S/C17H18IN5O3.ClH/c1-9-13(24)14(25)17(26-9)23-7-11(18)12-15(21-8-22-16(12)23)20-6-10-4-2-3-5-19-10;/h2-5,7-9,13-14,17,24-25H,6H2,1H3,(H,20,21,22);1H/t9-,13-,14-,17-;/m1./s1. The Morgan fingerprint density at radius 3 is 2.70 bits per heavy atom. The van der Waals surface area contributed by atoms with Crippen LogP contribution in [-0.4, -0.2) is 48.0 Å². The van der Waals surface area contributed by atoms with Crippen molar-refractivity contribution >= 4 is 51.8 Å². The maximum atomic E-state index is 10.3. The Labute approximate surface area is 175 Å². The molecule has 0 spiro atoms. The van der Waals surface area contributed by atoms with E-state index in [9.17, 15) is 10.2 Å². The fourth-order valence-electron chi connectivity index (χ4n) is 3.10. The predicted molar refractivity (Wildman–Crippen MR) is 111 cm³/mol. The van der Waals surface area contributed by atoms with Crippen molar-refractivity contribution in [3.8, 4) is 0 Å². The van der Waals surface area contributed by atoms with E-state index in [4.69, 9.17) is 4.74 Å². The molecular weight excluding hydrogens is 485 g/mol. The summed E-state index contributed by atoms with van der Waals surface area (Å²) in [7, 11) is 0. The second-order valence-corrected chi connectivity index (χ2v) is 7.35. The summed E-state index contributed by atoms with van der Waals surface area (Å²) in [5.74, 6) is 0.685. The molecule has 0 aliphatic carbocycles. The van der Waals surface area contributed by atoms with Gasteiger partial charge in [0.1, 0.15) is 30.0 Å². The Balaban J connectivity index is 0.00000210. The van der Waals surface area contributed by atoms with E-state index < -0.39 is 24.5 Å². The summed E-state index contributed by atoms with van der Waals surface area (Å²) in [4.78, 5) is 13.0. The van der Waals surface area contributed by atoms with Crippen LogP contribution in [0.4, 0.5) is 5.82 Å². The van der Waals surface area contributed by atoms with E-state index in [1.165, 1.54) is 6.33 Å². The molecule has 144 valence electrons. The zero-order chi connectivity index (χ0) is 18.3. The fourth-order valence-corrected chi connectivity index (χ4v) is 3.90. The molecule has 8 nitrogen and oxygen atoms in total. The highest BCUT2D eigenvalue weighted by Crippen LogP contribution is 2.35. The summed E-state index contributed by atoms with van der Waals surface area (Å²) < 4.78 is 8.41. The Kier molecular flexibility index (Phi) is 6.16. The van der Waals surface area contributed by atoms with Gasteiger partial charge in [0.2, 0.25) is 0 Å². The summed E-state index contributed by atoms with van der Waals surface area (Å²) in [5.41, 5.74) is 1.54. The van der Waals surface area contributed by atoms with Crippen LogP contribution in [0.25, 0.3) is 11.0 Å². The molecule has 4 rings (SSSR count). The number of anilines is 1. The summed E-state index contributed by atoms with van der Waals surface area (Å²) >= 11 is 2.21. The molecule has 1 aliphatic heterocycles. The Morgan fingerprint density at radius 1 is 1.22 bits per heavy atom. The van der Waals surface area contributed by atoms with Crippen molar-refractivity contribution < 1.29 is 14.9 Å². The number of rotatable bonds is 4. The molecule has 0 radical (unpaired) electrons. The average Bonchev–Trinajstić information content (AvgIpc) is 3.13. The van der Waals surface area contributed by atoms with Gasteiger partial charge in [-0.15, -0.1) is 12.4 Å². The van der Waals surface area contributed by atoms with Gasteiger partial charge < -0.3 is 24.8 Å². The van der Waals surface area contributed by atoms with Gasteiger partial charge >= 0.3 is 0 Å². The number of aromatic nitrogens is 4. The van der Waals surface area contributed by atoms with Crippen molar-refractivity contribution in [1.82, 2.24) is 19.5 Å². The quantitative estimate of drug-likeness (QED) is 0.468. The maximum Gasteiger partial charge on any atom is 0.164 e. The van der Waals surface area contributed by atoms with E-state index in [2.05, 4.69) is 42.9 Å². The van der Waals surface area contributed by atoms with Gasteiger partial charge in [0.05, 0.1) is 23.7 Å². The molecular formula is C17H19ClIN5O3. The van der Waals surface area contributed by atoms with Gasteiger partial charge in [-0.3, -0.25) is 4.98 Å². The van der Waals surface area contributed by atoms with Crippen LogP contribution in [0.1, 0.15) is 18.8 Å². The van der Waals surface area contributed by atoms with E-state index in [-0.39, 0.29) is 12.4 Å². The molecule has 1 fully saturated rings. The van der Waals surface area contributed by atoms with Crippen LogP contribution in [0.5, 0.6) is 0 Å². The first-order valence-electron chi connectivity index (χ1n) is 8.22. The summed E-state index contributed by atoms with van der Waals surface area (Å²) in [5, 5.41) is 24.4. The Bertz CT molecular complexity index is 926. The van der Waals surface area contributed by atoms with Gasteiger partial charge in [-0.25, -0.2) is 9.97 Å². The minimum Gasteiger partial charge on any atom is -0.388 e. The lowest BCUT2D eigenvalue weighted by atomic mass is 10.1. The first-order chi connectivity index (χ1) is 12.6. The minimum atomic E-state index is -1.02.